The summed E-state index contributed by atoms with van der Waals surface area (Å²) in [5.41, 5.74) is 1.10. The van der Waals surface area contributed by atoms with Gasteiger partial charge >= 0.3 is 0 Å². The van der Waals surface area contributed by atoms with Crippen LogP contribution in [0, 0.1) is 0 Å². The van der Waals surface area contributed by atoms with Crippen LogP contribution in [0.15, 0.2) is 18.2 Å². The van der Waals surface area contributed by atoms with Gasteiger partial charge in [0.2, 0.25) is 0 Å². The van der Waals surface area contributed by atoms with E-state index < -0.39 is 0 Å². The zero-order chi connectivity index (χ0) is 15.2. The molecule has 1 aromatic carbocycles. The van der Waals surface area contributed by atoms with Crippen molar-refractivity contribution in [3.8, 4) is 0 Å². The first-order valence-corrected chi connectivity index (χ1v) is 8.70. The summed E-state index contributed by atoms with van der Waals surface area (Å²) in [5.74, 6) is 0. The minimum Gasteiger partial charge on any atom is -0.313 e. The van der Waals surface area contributed by atoms with Crippen molar-refractivity contribution in [1.29, 1.82) is 0 Å². The second-order valence-electron chi connectivity index (χ2n) is 6.05. The highest BCUT2D eigenvalue weighted by molar-refractivity contribution is 6.42. The van der Waals surface area contributed by atoms with Gasteiger partial charge in [-0.1, -0.05) is 54.6 Å². The van der Waals surface area contributed by atoms with Crippen LogP contribution in [0.2, 0.25) is 10.0 Å². The summed E-state index contributed by atoms with van der Waals surface area (Å²) in [4.78, 5) is 2.52. The fourth-order valence-corrected chi connectivity index (χ4v) is 3.72. The van der Waals surface area contributed by atoms with E-state index in [0.717, 1.165) is 24.6 Å². The van der Waals surface area contributed by atoms with Gasteiger partial charge in [-0.2, -0.15) is 0 Å². The van der Waals surface area contributed by atoms with Gasteiger partial charge in [-0.3, -0.25) is 0 Å². The number of hydrogen-bond donors (Lipinski definition) is 1. The van der Waals surface area contributed by atoms with Gasteiger partial charge in [-0.25, -0.2) is 0 Å². The number of halogens is 2. The van der Waals surface area contributed by atoms with Gasteiger partial charge < -0.3 is 10.2 Å². The lowest BCUT2D eigenvalue weighted by atomic mass is 9.94. The molecular formula is C17H26Cl2N2. The molecule has 0 saturated heterocycles. The molecule has 0 amide bonds. The molecule has 21 heavy (non-hydrogen) atoms. The smallest absolute Gasteiger partial charge is 0.0640 e. The summed E-state index contributed by atoms with van der Waals surface area (Å²) in [6, 6.07) is 6.89. The second-order valence-corrected chi connectivity index (χ2v) is 6.83. The Labute approximate surface area is 138 Å². The Morgan fingerprint density at radius 2 is 1.95 bits per heavy atom. The van der Waals surface area contributed by atoms with Crippen molar-refractivity contribution in [1.82, 2.24) is 10.2 Å². The maximum atomic E-state index is 6.35. The average molecular weight is 329 g/mol. The van der Waals surface area contributed by atoms with Crippen LogP contribution in [0.25, 0.3) is 0 Å². The van der Waals surface area contributed by atoms with Gasteiger partial charge in [0.05, 0.1) is 10.0 Å². The van der Waals surface area contributed by atoms with E-state index >= 15 is 0 Å². The van der Waals surface area contributed by atoms with Crippen LogP contribution in [0.5, 0.6) is 0 Å². The molecule has 1 atom stereocenters. The van der Waals surface area contributed by atoms with Crippen LogP contribution in [0.4, 0.5) is 0 Å². The highest BCUT2D eigenvalue weighted by Crippen LogP contribution is 2.31. The Morgan fingerprint density at radius 3 is 2.62 bits per heavy atom. The average Bonchev–Trinajstić information content (AvgIpc) is 2.52. The Morgan fingerprint density at radius 1 is 1.24 bits per heavy atom. The number of benzene rings is 1. The number of hydrogen-bond acceptors (Lipinski definition) is 2. The van der Waals surface area contributed by atoms with Gasteiger partial charge in [0.25, 0.3) is 0 Å². The van der Waals surface area contributed by atoms with Gasteiger partial charge in [-0.15, -0.1) is 0 Å². The third kappa shape index (κ3) is 4.59. The number of rotatable bonds is 6. The van der Waals surface area contributed by atoms with E-state index in [9.17, 15) is 0 Å². The fraction of sp³-hybridized carbons (Fsp3) is 0.647. The molecule has 0 radical (unpaired) electrons. The van der Waals surface area contributed by atoms with Crippen molar-refractivity contribution >= 4 is 23.2 Å². The van der Waals surface area contributed by atoms with Crippen LogP contribution in [0.3, 0.4) is 0 Å². The SMILES string of the molecule is CNC(CCN(C)C1CCCCC1)c1cccc(Cl)c1Cl. The van der Waals surface area contributed by atoms with E-state index in [1.165, 1.54) is 32.1 Å². The highest BCUT2D eigenvalue weighted by atomic mass is 35.5. The third-order valence-electron chi connectivity index (χ3n) is 4.67. The van der Waals surface area contributed by atoms with E-state index in [1.807, 2.05) is 19.2 Å². The Kier molecular flexibility index (Phi) is 6.81. The summed E-state index contributed by atoms with van der Waals surface area (Å²) < 4.78 is 0. The molecule has 2 rings (SSSR count). The quantitative estimate of drug-likeness (QED) is 0.798. The van der Waals surface area contributed by atoms with Crippen LogP contribution < -0.4 is 5.32 Å². The summed E-state index contributed by atoms with van der Waals surface area (Å²) >= 11 is 12.5. The lowest BCUT2D eigenvalue weighted by Crippen LogP contribution is -2.35. The van der Waals surface area contributed by atoms with E-state index in [-0.39, 0.29) is 6.04 Å². The van der Waals surface area contributed by atoms with Gasteiger partial charge in [0.15, 0.2) is 0 Å². The number of nitrogens with one attached hydrogen (secondary N) is 1. The molecule has 1 aliphatic rings. The molecule has 1 unspecified atom stereocenters. The van der Waals surface area contributed by atoms with Crippen molar-refractivity contribution < 1.29 is 0 Å². The lowest BCUT2D eigenvalue weighted by Gasteiger charge is -2.32. The summed E-state index contributed by atoms with van der Waals surface area (Å²) in [7, 11) is 4.24. The molecule has 1 N–H and O–H groups in total. The van der Waals surface area contributed by atoms with Gasteiger partial charge in [-0.05, 0) is 51.5 Å². The molecule has 0 aromatic heterocycles. The highest BCUT2D eigenvalue weighted by Gasteiger charge is 2.20. The van der Waals surface area contributed by atoms with E-state index in [1.54, 1.807) is 0 Å². The van der Waals surface area contributed by atoms with E-state index in [0.29, 0.717) is 10.0 Å². The van der Waals surface area contributed by atoms with Crippen LogP contribution in [0.1, 0.15) is 50.1 Å². The molecule has 1 saturated carbocycles. The predicted molar refractivity (Wildman–Crippen MR) is 92.4 cm³/mol. The zero-order valence-electron chi connectivity index (χ0n) is 13.0. The first kappa shape index (κ1) is 17.1. The van der Waals surface area contributed by atoms with E-state index in [2.05, 4.69) is 23.3 Å². The van der Waals surface area contributed by atoms with Gasteiger partial charge in [0, 0.05) is 12.1 Å². The monoisotopic (exact) mass is 328 g/mol. The van der Waals surface area contributed by atoms with E-state index in [4.69, 9.17) is 23.2 Å². The van der Waals surface area contributed by atoms with Crippen molar-refractivity contribution in [2.24, 2.45) is 0 Å². The maximum Gasteiger partial charge on any atom is 0.0640 e. The molecule has 1 aliphatic carbocycles. The third-order valence-corrected chi connectivity index (χ3v) is 5.51. The summed E-state index contributed by atoms with van der Waals surface area (Å²) in [5, 5.41) is 4.69. The molecule has 4 heteroatoms. The van der Waals surface area contributed by atoms with Crippen LogP contribution in [-0.4, -0.2) is 31.6 Å². The fourth-order valence-electron chi connectivity index (χ4n) is 3.28. The molecule has 0 aliphatic heterocycles. The lowest BCUT2D eigenvalue weighted by molar-refractivity contribution is 0.184. The molecule has 1 fully saturated rings. The number of nitrogens with zero attached hydrogens (tertiary/aromatic N) is 1. The van der Waals surface area contributed by atoms with Crippen molar-refractivity contribution in [2.45, 2.75) is 50.6 Å². The Hall–Kier alpha value is -0.280. The van der Waals surface area contributed by atoms with Crippen LogP contribution >= 0.6 is 23.2 Å². The normalized spacial score (nSPS) is 18.1. The standard InChI is InChI=1S/C17H26Cl2N2/c1-20-16(14-9-6-10-15(18)17(14)19)11-12-21(2)13-7-4-3-5-8-13/h6,9-10,13,16,20H,3-5,7-8,11-12H2,1-2H3. The predicted octanol–water partition coefficient (Wildman–Crippen LogP) is 4.91. The minimum absolute atomic E-state index is 0.252. The molecule has 2 nitrogen and oxygen atoms in total. The Bertz CT molecular complexity index is 444. The van der Waals surface area contributed by atoms with Crippen LogP contribution in [-0.2, 0) is 0 Å². The summed E-state index contributed by atoms with van der Waals surface area (Å²) in [6.45, 7) is 1.08. The van der Waals surface area contributed by atoms with Crippen molar-refractivity contribution in [3.05, 3.63) is 33.8 Å². The van der Waals surface area contributed by atoms with Gasteiger partial charge in [0.1, 0.15) is 0 Å². The Balaban J connectivity index is 1.94. The largest absolute Gasteiger partial charge is 0.313 e. The molecule has 0 heterocycles. The summed E-state index contributed by atoms with van der Waals surface area (Å²) in [6.07, 6.45) is 7.90. The first-order chi connectivity index (χ1) is 10.1. The topological polar surface area (TPSA) is 15.3 Å². The zero-order valence-corrected chi connectivity index (χ0v) is 14.6. The minimum atomic E-state index is 0.252. The maximum absolute atomic E-state index is 6.35. The molecule has 0 bridgehead atoms. The molecule has 0 spiro atoms. The molecular weight excluding hydrogens is 303 g/mol. The van der Waals surface area contributed by atoms with Crippen molar-refractivity contribution in [3.63, 3.8) is 0 Å². The molecule has 118 valence electrons. The molecule has 1 aromatic rings. The first-order valence-electron chi connectivity index (χ1n) is 7.95. The second kappa shape index (κ2) is 8.38. The van der Waals surface area contributed by atoms with Crippen molar-refractivity contribution in [2.75, 3.05) is 20.6 Å².